The number of piperidine rings is 1. The summed E-state index contributed by atoms with van der Waals surface area (Å²) in [7, 11) is 3.20. The van der Waals surface area contributed by atoms with Crippen LogP contribution in [0.4, 0.5) is 0 Å². The maximum Gasteiger partial charge on any atom is 0.319 e. The Morgan fingerprint density at radius 1 is 1.21 bits per heavy atom. The average Bonchev–Trinajstić information content (AvgIpc) is 2.45. The van der Waals surface area contributed by atoms with Gasteiger partial charge in [-0.05, 0) is 26.2 Å². The number of likely N-dealkylation sites (tertiary alicyclic amines) is 1. The van der Waals surface area contributed by atoms with Gasteiger partial charge in [-0.15, -0.1) is 0 Å². The molecule has 19 heavy (non-hydrogen) atoms. The van der Waals surface area contributed by atoms with Crippen LogP contribution >= 0.6 is 0 Å². The van der Waals surface area contributed by atoms with Gasteiger partial charge in [0.15, 0.2) is 0 Å². The first kappa shape index (κ1) is 16.4. The largest absolute Gasteiger partial charge is 0.465 e. The molecule has 0 saturated carbocycles. The molecule has 0 amide bonds. The third kappa shape index (κ3) is 2.39. The number of hydrogen-bond donors (Lipinski definition) is 0. The second-order valence-electron chi connectivity index (χ2n) is 4.83. The van der Waals surface area contributed by atoms with Crippen molar-refractivity contribution in [1.82, 2.24) is 4.90 Å². The number of esters is 1. The lowest BCUT2D eigenvalue weighted by atomic mass is 9.73. The average molecular weight is 273 g/mol. The van der Waals surface area contributed by atoms with Crippen molar-refractivity contribution in [3.05, 3.63) is 0 Å². The van der Waals surface area contributed by atoms with Crippen LogP contribution in [0.15, 0.2) is 0 Å². The van der Waals surface area contributed by atoms with Gasteiger partial charge in [0.1, 0.15) is 5.41 Å². The Morgan fingerprint density at radius 3 is 2.26 bits per heavy atom. The van der Waals surface area contributed by atoms with Crippen molar-refractivity contribution in [3.63, 3.8) is 0 Å². The fourth-order valence-electron chi connectivity index (χ4n) is 3.32. The van der Waals surface area contributed by atoms with Gasteiger partial charge in [0.2, 0.25) is 5.91 Å². The van der Waals surface area contributed by atoms with E-state index in [0.29, 0.717) is 13.0 Å². The van der Waals surface area contributed by atoms with Crippen LogP contribution in [-0.4, -0.2) is 50.7 Å². The number of carbonyl (C=O) groups excluding carboxylic acids is 1. The molecule has 0 aromatic carbocycles. The molecule has 0 radical (unpaired) electrons. The number of rotatable bonds is 6. The zero-order chi connectivity index (χ0) is 14.5. The number of ether oxygens (including phenoxy) is 3. The van der Waals surface area contributed by atoms with E-state index in [1.54, 1.807) is 14.2 Å². The predicted molar refractivity (Wildman–Crippen MR) is 72.6 cm³/mol. The van der Waals surface area contributed by atoms with E-state index in [4.69, 9.17) is 14.2 Å². The molecule has 1 fully saturated rings. The second kappa shape index (κ2) is 6.68. The van der Waals surface area contributed by atoms with Crippen LogP contribution in [0.25, 0.3) is 0 Å². The Hall–Kier alpha value is -0.650. The Labute approximate surface area is 116 Å². The first-order valence-corrected chi connectivity index (χ1v) is 7.11. The van der Waals surface area contributed by atoms with E-state index in [1.165, 1.54) is 0 Å². The number of carbonyl (C=O) groups is 1. The van der Waals surface area contributed by atoms with Crippen LogP contribution in [0.3, 0.4) is 0 Å². The molecule has 0 N–H and O–H groups in total. The van der Waals surface area contributed by atoms with Gasteiger partial charge in [0.05, 0.1) is 6.61 Å². The molecule has 0 bridgehead atoms. The summed E-state index contributed by atoms with van der Waals surface area (Å²) in [5, 5.41) is 0. The van der Waals surface area contributed by atoms with E-state index < -0.39 is 11.3 Å². The normalized spacial score (nSPS) is 27.2. The first-order chi connectivity index (χ1) is 9.08. The number of methoxy groups -OCH3 is 2. The van der Waals surface area contributed by atoms with Gasteiger partial charge < -0.3 is 14.2 Å². The molecule has 5 heteroatoms. The fourth-order valence-corrected chi connectivity index (χ4v) is 3.32. The van der Waals surface area contributed by atoms with E-state index in [0.717, 1.165) is 25.9 Å². The summed E-state index contributed by atoms with van der Waals surface area (Å²) < 4.78 is 16.7. The lowest BCUT2D eigenvalue weighted by molar-refractivity contribution is -0.362. The monoisotopic (exact) mass is 273 g/mol. The molecule has 1 unspecified atom stereocenters. The van der Waals surface area contributed by atoms with Crippen LogP contribution in [0.1, 0.15) is 40.0 Å². The van der Waals surface area contributed by atoms with E-state index in [1.807, 2.05) is 20.8 Å². The predicted octanol–water partition coefficient (Wildman–Crippen LogP) is 2.01. The highest BCUT2D eigenvalue weighted by Gasteiger charge is 2.62. The molecule has 1 saturated heterocycles. The van der Waals surface area contributed by atoms with Crippen LogP contribution in [0.2, 0.25) is 0 Å². The highest BCUT2D eigenvalue weighted by Crippen LogP contribution is 2.48. The maximum absolute atomic E-state index is 12.5. The van der Waals surface area contributed by atoms with Gasteiger partial charge >= 0.3 is 5.97 Å². The number of nitrogens with zero attached hydrogens (tertiary/aromatic N) is 1. The van der Waals surface area contributed by atoms with Crippen molar-refractivity contribution in [2.75, 3.05) is 33.9 Å². The van der Waals surface area contributed by atoms with Crippen molar-refractivity contribution in [1.29, 1.82) is 0 Å². The molecule has 1 heterocycles. The minimum atomic E-state index is -1.03. The zero-order valence-electron chi connectivity index (χ0n) is 12.8. The summed E-state index contributed by atoms with van der Waals surface area (Å²) in [6.07, 6.45) is 2.29. The number of hydrogen-bond acceptors (Lipinski definition) is 5. The summed E-state index contributed by atoms with van der Waals surface area (Å²) in [4.78, 5) is 14.6. The Bertz CT molecular complexity index is 304. The molecular formula is C14H27NO4. The van der Waals surface area contributed by atoms with Crippen LogP contribution < -0.4 is 0 Å². The minimum absolute atomic E-state index is 0.223. The molecule has 1 aliphatic rings. The smallest absolute Gasteiger partial charge is 0.319 e. The van der Waals surface area contributed by atoms with Gasteiger partial charge in [-0.3, -0.25) is 9.69 Å². The third-order valence-electron chi connectivity index (χ3n) is 4.26. The molecule has 1 atom stereocenters. The molecule has 0 spiro atoms. The molecule has 0 aliphatic carbocycles. The van der Waals surface area contributed by atoms with E-state index in [-0.39, 0.29) is 5.97 Å². The first-order valence-electron chi connectivity index (χ1n) is 7.11. The van der Waals surface area contributed by atoms with Crippen molar-refractivity contribution >= 4 is 5.97 Å². The Morgan fingerprint density at radius 2 is 1.84 bits per heavy atom. The quantitative estimate of drug-likeness (QED) is 0.547. The van der Waals surface area contributed by atoms with Gasteiger partial charge in [-0.1, -0.05) is 13.8 Å². The molecule has 112 valence electrons. The van der Waals surface area contributed by atoms with Crippen LogP contribution in [0.5, 0.6) is 0 Å². The van der Waals surface area contributed by atoms with Crippen molar-refractivity contribution in [2.24, 2.45) is 5.41 Å². The molecule has 0 aromatic heterocycles. The van der Waals surface area contributed by atoms with E-state index in [9.17, 15) is 4.79 Å². The standard InChI is InChI=1S/C14H27NO4/c1-6-13(12(16)19-8-3)10-9-11-15(7-2)14(13,17-4)18-5/h6-11H2,1-5H3. The summed E-state index contributed by atoms with van der Waals surface area (Å²) in [6.45, 7) is 7.86. The van der Waals surface area contributed by atoms with Crippen LogP contribution in [0, 0.1) is 5.41 Å². The summed E-state index contributed by atoms with van der Waals surface area (Å²) in [5.41, 5.74) is -0.763. The highest BCUT2D eigenvalue weighted by molar-refractivity contribution is 5.78. The molecule has 1 rings (SSSR count). The lowest BCUT2D eigenvalue weighted by Gasteiger charge is -2.54. The Kier molecular flexibility index (Phi) is 5.77. The maximum atomic E-state index is 12.5. The summed E-state index contributed by atoms with van der Waals surface area (Å²) in [5.74, 6) is -1.25. The van der Waals surface area contributed by atoms with E-state index >= 15 is 0 Å². The molecule has 5 nitrogen and oxygen atoms in total. The highest BCUT2D eigenvalue weighted by atomic mass is 16.7. The van der Waals surface area contributed by atoms with Crippen molar-refractivity contribution < 1.29 is 19.0 Å². The van der Waals surface area contributed by atoms with E-state index in [2.05, 4.69) is 4.90 Å². The summed E-state index contributed by atoms with van der Waals surface area (Å²) in [6, 6.07) is 0. The van der Waals surface area contributed by atoms with Crippen LogP contribution in [-0.2, 0) is 19.0 Å². The Balaban J connectivity index is 3.27. The SMILES string of the molecule is CCOC(=O)C1(CC)CCCN(CC)C1(OC)OC. The molecular weight excluding hydrogens is 246 g/mol. The van der Waals surface area contributed by atoms with Gasteiger partial charge in [0, 0.05) is 27.3 Å². The second-order valence-corrected chi connectivity index (χ2v) is 4.83. The van der Waals surface area contributed by atoms with Gasteiger partial charge in [0.25, 0.3) is 0 Å². The van der Waals surface area contributed by atoms with Crippen molar-refractivity contribution in [2.45, 2.75) is 45.9 Å². The van der Waals surface area contributed by atoms with Crippen molar-refractivity contribution in [3.8, 4) is 0 Å². The molecule has 0 aromatic rings. The minimum Gasteiger partial charge on any atom is -0.465 e. The fraction of sp³-hybridized carbons (Fsp3) is 0.929. The zero-order valence-corrected chi connectivity index (χ0v) is 12.8. The lowest BCUT2D eigenvalue weighted by Crippen LogP contribution is -2.68. The third-order valence-corrected chi connectivity index (χ3v) is 4.26. The molecule has 1 aliphatic heterocycles. The topological polar surface area (TPSA) is 48.0 Å². The summed E-state index contributed by atoms with van der Waals surface area (Å²) >= 11 is 0. The van der Waals surface area contributed by atoms with Gasteiger partial charge in [-0.25, -0.2) is 0 Å². The van der Waals surface area contributed by atoms with Gasteiger partial charge in [-0.2, -0.15) is 0 Å².